The van der Waals surface area contributed by atoms with Crippen LogP contribution >= 0.6 is 0 Å². The molecule has 0 fully saturated rings. The quantitative estimate of drug-likeness (QED) is 0.873. The van der Waals surface area contributed by atoms with Crippen LogP contribution < -0.4 is 0 Å². The van der Waals surface area contributed by atoms with E-state index in [1.807, 2.05) is 43.4 Å². The first kappa shape index (κ1) is 12.7. The Morgan fingerprint density at radius 3 is 2.50 bits per heavy atom. The molecule has 1 aromatic carbocycles. The summed E-state index contributed by atoms with van der Waals surface area (Å²) in [7, 11) is 2.00. The topological polar surface area (TPSA) is 36.4 Å². The molecule has 94 valence electrons. The van der Waals surface area contributed by atoms with E-state index in [2.05, 4.69) is 22.0 Å². The van der Waals surface area contributed by atoms with Gasteiger partial charge in [0.05, 0.1) is 5.69 Å². The summed E-state index contributed by atoms with van der Waals surface area (Å²) in [4.78, 5) is 6.25. The highest BCUT2D eigenvalue weighted by atomic mass is 16.3. The van der Waals surface area contributed by atoms with E-state index in [1.165, 1.54) is 5.56 Å². The average Bonchev–Trinajstić information content (AvgIpc) is 2.40. The highest BCUT2D eigenvalue weighted by molar-refractivity contribution is 5.14. The molecule has 2 rings (SSSR count). The molecule has 3 heteroatoms. The number of aromatic nitrogens is 1. The van der Waals surface area contributed by atoms with Crippen LogP contribution in [0.5, 0.6) is 0 Å². The van der Waals surface area contributed by atoms with Gasteiger partial charge < -0.3 is 5.11 Å². The van der Waals surface area contributed by atoms with Gasteiger partial charge in [-0.1, -0.05) is 36.4 Å². The molecule has 2 aromatic rings. The molecular formula is C15H18N2O. The number of aliphatic hydroxyl groups is 1. The van der Waals surface area contributed by atoms with Gasteiger partial charge in [-0.05, 0) is 24.7 Å². The maximum Gasteiger partial charge on any atom is 0.109 e. The molecule has 0 radical (unpaired) electrons. The molecule has 0 bridgehead atoms. The normalized spacial score (nSPS) is 12.6. The Morgan fingerprint density at radius 1 is 1.11 bits per heavy atom. The molecule has 1 aromatic heterocycles. The number of aliphatic hydroxyl groups excluding tert-OH is 1. The van der Waals surface area contributed by atoms with Gasteiger partial charge in [0.25, 0.3) is 0 Å². The number of nitrogens with zero attached hydrogens (tertiary/aromatic N) is 2. The van der Waals surface area contributed by atoms with Crippen molar-refractivity contribution in [3.05, 3.63) is 66.0 Å². The molecule has 0 aliphatic rings. The molecule has 18 heavy (non-hydrogen) atoms. The van der Waals surface area contributed by atoms with Gasteiger partial charge in [0.15, 0.2) is 0 Å². The van der Waals surface area contributed by atoms with E-state index in [0.717, 1.165) is 12.2 Å². The minimum absolute atomic E-state index is 0.542. The van der Waals surface area contributed by atoms with Crippen molar-refractivity contribution in [2.75, 3.05) is 13.6 Å². The SMILES string of the molecule is CN(Cc1ccccc1)CC(O)c1ccccn1. The lowest BCUT2D eigenvalue weighted by molar-refractivity contribution is 0.120. The number of likely N-dealkylation sites (N-methyl/N-ethyl adjacent to an activating group) is 1. The first-order valence-corrected chi connectivity index (χ1v) is 6.07. The summed E-state index contributed by atoms with van der Waals surface area (Å²) < 4.78 is 0. The highest BCUT2D eigenvalue weighted by Gasteiger charge is 2.11. The fraction of sp³-hybridized carbons (Fsp3) is 0.267. The summed E-state index contributed by atoms with van der Waals surface area (Å²) in [5.41, 5.74) is 1.96. The predicted molar refractivity (Wildman–Crippen MR) is 72.0 cm³/mol. The average molecular weight is 242 g/mol. The smallest absolute Gasteiger partial charge is 0.109 e. The van der Waals surface area contributed by atoms with E-state index in [1.54, 1.807) is 6.20 Å². The second-order valence-corrected chi connectivity index (χ2v) is 4.45. The largest absolute Gasteiger partial charge is 0.385 e. The standard InChI is InChI=1S/C15H18N2O/c1-17(11-13-7-3-2-4-8-13)12-15(18)14-9-5-6-10-16-14/h2-10,15,18H,11-12H2,1H3. The third kappa shape index (κ3) is 3.65. The summed E-state index contributed by atoms with van der Waals surface area (Å²) in [6, 6.07) is 15.8. The van der Waals surface area contributed by atoms with E-state index in [0.29, 0.717) is 6.54 Å². The maximum absolute atomic E-state index is 10.1. The van der Waals surface area contributed by atoms with Crippen LogP contribution in [0.4, 0.5) is 0 Å². The molecule has 3 nitrogen and oxygen atoms in total. The Kier molecular flexibility index (Phi) is 4.45. The monoisotopic (exact) mass is 242 g/mol. The van der Waals surface area contributed by atoms with Crippen molar-refractivity contribution >= 4 is 0 Å². The van der Waals surface area contributed by atoms with Crippen LogP contribution in [0.2, 0.25) is 0 Å². The van der Waals surface area contributed by atoms with Crippen molar-refractivity contribution in [3.8, 4) is 0 Å². The Morgan fingerprint density at radius 2 is 1.83 bits per heavy atom. The molecular weight excluding hydrogens is 224 g/mol. The molecule has 0 spiro atoms. The fourth-order valence-electron chi connectivity index (χ4n) is 1.92. The number of hydrogen-bond donors (Lipinski definition) is 1. The Hall–Kier alpha value is -1.71. The Balaban J connectivity index is 1.90. The second kappa shape index (κ2) is 6.28. The van der Waals surface area contributed by atoms with Crippen molar-refractivity contribution in [3.63, 3.8) is 0 Å². The van der Waals surface area contributed by atoms with Gasteiger partial charge in [-0.3, -0.25) is 9.88 Å². The highest BCUT2D eigenvalue weighted by Crippen LogP contribution is 2.12. The number of benzene rings is 1. The second-order valence-electron chi connectivity index (χ2n) is 4.45. The van der Waals surface area contributed by atoms with Gasteiger partial charge in [-0.2, -0.15) is 0 Å². The zero-order valence-corrected chi connectivity index (χ0v) is 10.5. The summed E-state index contributed by atoms with van der Waals surface area (Å²) in [5.74, 6) is 0. The van der Waals surface area contributed by atoms with Crippen LogP contribution in [0, 0.1) is 0 Å². The molecule has 1 atom stereocenters. The molecule has 0 aliphatic heterocycles. The first-order chi connectivity index (χ1) is 8.75. The van der Waals surface area contributed by atoms with Crippen molar-refractivity contribution in [2.45, 2.75) is 12.6 Å². The predicted octanol–water partition coefficient (Wildman–Crippen LogP) is 2.25. The first-order valence-electron chi connectivity index (χ1n) is 6.07. The van der Waals surface area contributed by atoms with Crippen molar-refractivity contribution in [2.24, 2.45) is 0 Å². The number of rotatable bonds is 5. The third-order valence-corrected chi connectivity index (χ3v) is 2.81. The lowest BCUT2D eigenvalue weighted by atomic mass is 10.2. The zero-order valence-electron chi connectivity index (χ0n) is 10.5. The van der Waals surface area contributed by atoms with E-state index < -0.39 is 6.10 Å². The van der Waals surface area contributed by atoms with Gasteiger partial charge >= 0.3 is 0 Å². The van der Waals surface area contributed by atoms with E-state index >= 15 is 0 Å². The summed E-state index contributed by atoms with van der Waals surface area (Å²) in [6.07, 6.45) is 1.16. The van der Waals surface area contributed by atoms with E-state index in [4.69, 9.17) is 0 Å². The summed E-state index contributed by atoms with van der Waals surface area (Å²) in [6.45, 7) is 1.40. The summed E-state index contributed by atoms with van der Waals surface area (Å²) in [5, 5.41) is 10.1. The minimum atomic E-state index is -0.542. The third-order valence-electron chi connectivity index (χ3n) is 2.81. The zero-order chi connectivity index (χ0) is 12.8. The van der Waals surface area contributed by atoms with Gasteiger partial charge in [0.1, 0.15) is 6.10 Å². The van der Waals surface area contributed by atoms with Crippen LogP contribution in [0.15, 0.2) is 54.7 Å². The lowest BCUT2D eigenvalue weighted by Crippen LogP contribution is -2.24. The van der Waals surface area contributed by atoms with Gasteiger partial charge in [-0.15, -0.1) is 0 Å². The number of hydrogen-bond acceptors (Lipinski definition) is 3. The molecule has 1 heterocycles. The van der Waals surface area contributed by atoms with Gasteiger partial charge in [-0.25, -0.2) is 0 Å². The van der Waals surface area contributed by atoms with Crippen LogP contribution in [0.1, 0.15) is 17.4 Å². The van der Waals surface area contributed by atoms with Crippen molar-refractivity contribution < 1.29 is 5.11 Å². The molecule has 0 amide bonds. The maximum atomic E-state index is 10.1. The van der Waals surface area contributed by atoms with Crippen LogP contribution in [-0.2, 0) is 6.54 Å². The molecule has 0 saturated carbocycles. The molecule has 1 N–H and O–H groups in total. The van der Waals surface area contributed by atoms with E-state index in [9.17, 15) is 5.11 Å². The lowest BCUT2D eigenvalue weighted by Gasteiger charge is -2.20. The minimum Gasteiger partial charge on any atom is -0.385 e. The van der Waals surface area contributed by atoms with Crippen LogP contribution in [0.25, 0.3) is 0 Å². The van der Waals surface area contributed by atoms with Crippen LogP contribution in [0.3, 0.4) is 0 Å². The van der Waals surface area contributed by atoms with Gasteiger partial charge in [0.2, 0.25) is 0 Å². The number of pyridine rings is 1. The fourth-order valence-corrected chi connectivity index (χ4v) is 1.92. The Labute approximate surface area is 108 Å². The summed E-state index contributed by atoms with van der Waals surface area (Å²) >= 11 is 0. The molecule has 1 unspecified atom stereocenters. The molecule has 0 aliphatic carbocycles. The van der Waals surface area contributed by atoms with Crippen LogP contribution in [-0.4, -0.2) is 28.6 Å². The van der Waals surface area contributed by atoms with Gasteiger partial charge in [0, 0.05) is 19.3 Å². The van der Waals surface area contributed by atoms with E-state index in [-0.39, 0.29) is 0 Å². The van der Waals surface area contributed by atoms with Crippen molar-refractivity contribution in [1.82, 2.24) is 9.88 Å². The Bertz CT molecular complexity index is 458. The molecule has 0 saturated heterocycles. The van der Waals surface area contributed by atoms with Crippen molar-refractivity contribution in [1.29, 1.82) is 0 Å².